The van der Waals surface area contributed by atoms with Gasteiger partial charge in [0.05, 0.1) is 13.2 Å². The molecule has 0 bridgehead atoms. The van der Waals surface area contributed by atoms with Gasteiger partial charge in [-0.3, -0.25) is 4.90 Å². The van der Waals surface area contributed by atoms with Gasteiger partial charge in [0.25, 0.3) is 0 Å². The Bertz CT molecular complexity index is 623. The highest BCUT2D eigenvalue weighted by Crippen LogP contribution is 2.22. The van der Waals surface area contributed by atoms with Crippen molar-refractivity contribution in [2.24, 2.45) is 0 Å². The average Bonchev–Trinajstić information content (AvgIpc) is 2.72. The van der Waals surface area contributed by atoms with Gasteiger partial charge in [0.1, 0.15) is 12.4 Å². The highest BCUT2D eigenvalue weighted by atomic mass is 35.5. The van der Waals surface area contributed by atoms with Gasteiger partial charge in [-0.25, -0.2) is 9.59 Å². The Balaban J connectivity index is 0.000000612. The van der Waals surface area contributed by atoms with E-state index in [0.29, 0.717) is 13.2 Å². The van der Waals surface area contributed by atoms with Gasteiger partial charge in [0, 0.05) is 37.7 Å². The summed E-state index contributed by atoms with van der Waals surface area (Å²) in [7, 11) is 0. The van der Waals surface area contributed by atoms with Crippen LogP contribution in [0.5, 0.6) is 5.75 Å². The Hall–Kier alpha value is -1.87. The molecule has 0 aliphatic carbocycles. The second-order valence-electron chi connectivity index (χ2n) is 6.45. The first-order valence-electron chi connectivity index (χ1n) is 9.77. The van der Waals surface area contributed by atoms with Crippen LogP contribution in [0.1, 0.15) is 19.4 Å². The number of rotatable bonds is 9. The molecule has 1 saturated heterocycles. The van der Waals surface area contributed by atoms with Crippen molar-refractivity contribution < 1.29 is 29.3 Å². The predicted molar refractivity (Wildman–Crippen MR) is 111 cm³/mol. The van der Waals surface area contributed by atoms with Crippen molar-refractivity contribution in [2.75, 3.05) is 59.1 Å². The maximum atomic E-state index is 9.10. The molecule has 0 unspecified atom stereocenters. The molecule has 1 aromatic carbocycles. The van der Waals surface area contributed by atoms with E-state index in [1.807, 2.05) is 18.2 Å². The molecule has 1 aliphatic rings. The molecule has 1 fully saturated rings. The van der Waals surface area contributed by atoms with E-state index in [9.17, 15) is 0 Å². The van der Waals surface area contributed by atoms with Crippen molar-refractivity contribution in [1.29, 1.82) is 0 Å². The number of carboxylic acid groups (broad SMARTS) is 2. The zero-order chi connectivity index (χ0) is 21.6. The van der Waals surface area contributed by atoms with Crippen LogP contribution in [0.25, 0.3) is 0 Å². The van der Waals surface area contributed by atoms with Gasteiger partial charge in [-0.05, 0) is 36.7 Å². The first-order valence-corrected chi connectivity index (χ1v) is 10.1. The summed E-state index contributed by atoms with van der Waals surface area (Å²) in [5, 5.41) is 15.6. The predicted octanol–water partition coefficient (Wildman–Crippen LogP) is 2.09. The Morgan fingerprint density at radius 1 is 1.00 bits per heavy atom. The molecule has 9 heteroatoms. The summed E-state index contributed by atoms with van der Waals surface area (Å²) in [5.41, 5.74) is 1.12. The third-order valence-corrected chi connectivity index (χ3v) is 4.91. The molecule has 0 atom stereocenters. The molecule has 0 radical (unpaired) electrons. The quantitative estimate of drug-likeness (QED) is 0.454. The van der Waals surface area contributed by atoms with Crippen molar-refractivity contribution in [3.63, 3.8) is 0 Å². The van der Waals surface area contributed by atoms with Gasteiger partial charge in [-0.15, -0.1) is 0 Å². The molecular formula is C20H31ClN2O6. The SMILES string of the molecule is CCc1cc(OCCOCCN2CCN(CC)CC2)ccc1Cl.O=C(O)C(=O)O. The molecule has 0 saturated carbocycles. The minimum absolute atomic E-state index is 0.578. The standard InChI is InChI=1S/C18H29ClN2O2.C2H2O4/c1-3-16-15-17(5-6-18(16)19)23-14-13-22-12-11-21-9-7-20(4-2)8-10-21;3-1(4)2(5)6/h5-6,15H,3-4,7-14H2,1-2H3;(H,3,4)(H,5,6). The Morgan fingerprint density at radius 3 is 2.17 bits per heavy atom. The van der Waals surface area contributed by atoms with Crippen molar-refractivity contribution in [3.8, 4) is 5.75 Å². The van der Waals surface area contributed by atoms with Crippen LogP contribution in [0.4, 0.5) is 0 Å². The number of hydrogen-bond donors (Lipinski definition) is 2. The molecule has 1 aromatic rings. The van der Waals surface area contributed by atoms with E-state index < -0.39 is 11.9 Å². The lowest BCUT2D eigenvalue weighted by molar-refractivity contribution is -0.159. The fraction of sp³-hybridized carbons (Fsp3) is 0.600. The first kappa shape index (κ1) is 25.2. The number of hydrogen-bond acceptors (Lipinski definition) is 6. The van der Waals surface area contributed by atoms with E-state index in [1.54, 1.807) is 0 Å². The van der Waals surface area contributed by atoms with Crippen LogP contribution in [0.15, 0.2) is 18.2 Å². The average molecular weight is 431 g/mol. The molecule has 0 spiro atoms. The molecule has 164 valence electrons. The number of carbonyl (C=O) groups is 2. The largest absolute Gasteiger partial charge is 0.491 e. The summed E-state index contributed by atoms with van der Waals surface area (Å²) in [5.74, 6) is -2.78. The van der Waals surface area contributed by atoms with Gasteiger partial charge in [-0.2, -0.15) is 0 Å². The molecule has 29 heavy (non-hydrogen) atoms. The van der Waals surface area contributed by atoms with Gasteiger partial charge >= 0.3 is 11.9 Å². The molecule has 2 rings (SSSR count). The van der Waals surface area contributed by atoms with Crippen molar-refractivity contribution in [3.05, 3.63) is 28.8 Å². The molecule has 8 nitrogen and oxygen atoms in total. The number of likely N-dealkylation sites (N-methyl/N-ethyl adjacent to an activating group) is 1. The fourth-order valence-corrected chi connectivity index (χ4v) is 3.01. The van der Waals surface area contributed by atoms with E-state index >= 15 is 0 Å². The van der Waals surface area contributed by atoms with E-state index in [4.69, 9.17) is 40.9 Å². The van der Waals surface area contributed by atoms with Gasteiger partial charge in [0.2, 0.25) is 0 Å². The number of nitrogens with zero attached hydrogens (tertiary/aromatic N) is 2. The van der Waals surface area contributed by atoms with Crippen LogP contribution in [-0.4, -0.2) is 91.0 Å². The molecule has 0 aromatic heterocycles. The van der Waals surface area contributed by atoms with E-state index in [2.05, 4.69) is 23.6 Å². The van der Waals surface area contributed by atoms with E-state index in [1.165, 1.54) is 13.1 Å². The lowest BCUT2D eigenvalue weighted by atomic mass is 10.1. The minimum Gasteiger partial charge on any atom is -0.491 e. The van der Waals surface area contributed by atoms with E-state index in [-0.39, 0.29) is 0 Å². The third kappa shape index (κ3) is 10.5. The number of carboxylic acids is 2. The zero-order valence-electron chi connectivity index (χ0n) is 17.1. The topological polar surface area (TPSA) is 99.5 Å². The number of benzene rings is 1. The molecular weight excluding hydrogens is 400 g/mol. The first-order chi connectivity index (χ1) is 13.9. The van der Waals surface area contributed by atoms with Crippen LogP contribution < -0.4 is 4.74 Å². The summed E-state index contributed by atoms with van der Waals surface area (Å²) in [6.07, 6.45) is 0.915. The monoisotopic (exact) mass is 430 g/mol. The maximum absolute atomic E-state index is 9.10. The molecule has 2 N–H and O–H groups in total. The van der Waals surface area contributed by atoms with Gasteiger partial charge < -0.3 is 24.6 Å². The van der Waals surface area contributed by atoms with Crippen molar-refractivity contribution >= 4 is 23.5 Å². The number of aliphatic carboxylic acids is 2. The van der Waals surface area contributed by atoms with Gasteiger partial charge in [0.15, 0.2) is 0 Å². The summed E-state index contributed by atoms with van der Waals surface area (Å²) in [4.78, 5) is 23.2. The molecule has 1 heterocycles. The van der Waals surface area contributed by atoms with Gasteiger partial charge in [-0.1, -0.05) is 25.4 Å². The molecule has 1 aliphatic heterocycles. The number of piperazine rings is 1. The number of ether oxygens (including phenoxy) is 2. The summed E-state index contributed by atoms with van der Waals surface area (Å²) in [6.45, 7) is 13.1. The van der Waals surface area contributed by atoms with Crippen molar-refractivity contribution in [1.82, 2.24) is 9.80 Å². The second-order valence-corrected chi connectivity index (χ2v) is 6.86. The highest BCUT2D eigenvalue weighted by Gasteiger charge is 2.14. The zero-order valence-corrected chi connectivity index (χ0v) is 17.9. The number of aryl methyl sites for hydroxylation is 1. The van der Waals surface area contributed by atoms with Crippen LogP contribution in [0.3, 0.4) is 0 Å². The number of halogens is 1. The lowest BCUT2D eigenvalue weighted by Crippen LogP contribution is -2.47. The second kappa shape index (κ2) is 14.2. The smallest absolute Gasteiger partial charge is 0.414 e. The Morgan fingerprint density at radius 2 is 1.62 bits per heavy atom. The Kier molecular flexibility index (Phi) is 12.3. The van der Waals surface area contributed by atoms with Crippen molar-refractivity contribution in [2.45, 2.75) is 20.3 Å². The van der Waals surface area contributed by atoms with Crippen LogP contribution in [-0.2, 0) is 20.7 Å². The van der Waals surface area contributed by atoms with Crippen LogP contribution in [0.2, 0.25) is 5.02 Å². The van der Waals surface area contributed by atoms with Crippen LogP contribution >= 0.6 is 11.6 Å². The third-order valence-electron chi connectivity index (χ3n) is 4.54. The highest BCUT2D eigenvalue weighted by molar-refractivity contribution is 6.31. The van der Waals surface area contributed by atoms with E-state index in [0.717, 1.165) is 55.5 Å². The molecule has 0 amide bonds. The summed E-state index contributed by atoms with van der Waals surface area (Å²) in [6, 6.07) is 5.82. The van der Waals surface area contributed by atoms with Crippen LogP contribution in [0, 0.1) is 0 Å². The Labute approximate surface area is 177 Å². The minimum atomic E-state index is -1.82. The normalized spacial score (nSPS) is 14.7. The fourth-order valence-electron chi connectivity index (χ4n) is 2.76. The lowest BCUT2D eigenvalue weighted by Gasteiger charge is -2.33. The maximum Gasteiger partial charge on any atom is 0.414 e. The summed E-state index contributed by atoms with van der Waals surface area (Å²) < 4.78 is 11.4. The summed E-state index contributed by atoms with van der Waals surface area (Å²) >= 11 is 6.10.